The van der Waals surface area contributed by atoms with Gasteiger partial charge in [0.15, 0.2) is 0 Å². The van der Waals surface area contributed by atoms with Crippen LogP contribution in [-0.2, 0) is 0 Å². The predicted molar refractivity (Wildman–Crippen MR) is 79.9 cm³/mol. The fourth-order valence-corrected chi connectivity index (χ4v) is 3.25. The maximum atomic E-state index is 6.04. The lowest BCUT2D eigenvalue weighted by atomic mass is 10.1. The Morgan fingerprint density at radius 2 is 1.89 bits per heavy atom. The second-order valence-corrected chi connectivity index (χ2v) is 6.00. The van der Waals surface area contributed by atoms with E-state index in [4.69, 9.17) is 40.4 Å². The number of hydrogen-bond acceptors (Lipinski definition) is 2. The highest BCUT2D eigenvalue weighted by molar-refractivity contribution is 7.82. The van der Waals surface area contributed by atoms with Gasteiger partial charge in [0, 0.05) is 5.56 Å². The van der Waals surface area contributed by atoms with Crippen LogP contribution in [0.5, 0.6) is 0 Å². The number of hydrogen-bond donors (Lipinski definition) is 1. The zero-order valence-corrected chi connectivity index (χ0v) is 12.0. The van der Waals surface area contributed by atoms with Gasteiger partial charge >= 0.3 is 0 Å². The Labute approximate surface area is 121 Å². The first-order chi connectivity index (χ1) is 8.60. The molecule has 0 saturated heterocycles. The third kappa shape index (κ3) is 2.04. The fraction of sp³-hybridized carbons (Fsp3) is 0.385. The summed E-state index contributed by atoms with van der Waals surface area (Å²) in [6.07, 6.45) is 4.51. The fourth-order valence-electron chi connectivity index (χ4n) is 2.60. The van der Waals surface area contributed by atoms with Gasteiger partial charge in [0.1, 0.15) is 16.4 Å². The van der Waals surface area contributed by atoms with Crippen LogP contribution in [0.3, 0.4) is 0 Å². The molecule has 0 bridgehead atoms. The van der Waals surface area contributed by atoms with Crippen molar-refractivity contribution in [1.29, 1.82) is 0 Å². The first kappa shape index (κ1) is 12.4. The molecule has 1 aliphatic heterocycles. The van der Waals surface area contributed by atoms with Crippen molar-refractivity contribution in [3.05, 3.63) is 33.8 Å². The molecule has 1 spiro atoms. The molecule has 0 atom stereocenters. The van der Waals surface area contributed by atoms with Crippen LogP contribution < -0.4 is 5.32 Å². The molecule has 1 aromatic carbocycles. The zero-order valence-electron chi connectivity index (χ0n) is 9.67. The van der Waals surface area contributed by atoms with E-state index in [2.05, 4.69) is 5.32 Å². The Morgan fingerprint density at radius 3 is 2.56 bits per heavy atom. The van der Waals surface area contributed by atoms with Crippen molar-refractivity contribution < 1.29 is 0 Å². The number of nitrogens with zero attached hydrogens (tertiary/aromatic N) is 1. The molecule has 1 N–H and O–H groups in total. The van der Waals surface area contributed by atoms with E-state index < -0.39 is 0 Å². The SMILES string of the molecule is S=C1NC2(CCCC2)N=C1c1ccc(Cl)c(Cl)c1. The largest absolute Gasteiger partial charge is 0.351 e. The molecule has 3 rings (SSSR count). The van der Waals surface area contributed by atoms with Crippen LogP contribution in [0.25, 0.3) is 0 Å². The van der Waals surface area contributed by atoms with E-state index in [-0.39, 0.29) is 5.66 Å². The van der Waals surface area contributed by atoms with Crippen molar-refractivity contribution in [1.82, 2.24) is 5.32 Å². The summed E-state index contributed by atoms with van der Waals surface area (Å²) in [6.45, 7) is 0. The van der Waals surface area contributed by atoms with Gasteiger partial charge in [0.2, 0.25) is 0 Å². The van der Waals surface area contributed by atoms with Crippen molar-refractivity contribution in [3.63, 3.8) is 0 Å². The van der Waals surface area contributed by atoms with Crippen LogP contribution in [0.2, 0.25) is 10.0 Å². The molecule has 0 unspecified atom stereocenters. The molecule has 2 aliphatic rings. The van der Waals surface area contributed by atoms with Crippen molar-refractivity contribution in [3.8, 4) is 0 Å². The van der Waals surface area contributed by atoms with E-state index >= 15 is 0 Å². The Kier molecular flexibility index (Phi) is 3.08. The van der Waals surface area contributed by atoms with Crippen LogP contribution in [-0.4, -0.2) is 16.4 Å². The lowest BCUT2D eigenvalue weighted by Crippen LogP contribution is -2.39. The molecule has 1 aliphatic carbocycles. The molecule has 18 heavy (non-hydrogen) atoms. The third-order valence-electron chi connectivity index (χ3n) is 3.51. The number of nitrogens with one attached hydrogen (secondary N) is 1. The van der Waals surface area contributed by atoms with Gasteiger partial charge < -0.3 is 5.32 Å². The first-order valence-electron chi connectivity index (χ1n) is 5.97. The summed E-state index contributed by atoms with van der Waals surface area (Å²) >= 11 is 17.4. The van der Waals surface area contributed by atoms with Crippen LogP contribution >= 0.6 is 35.4 Å². The molecule has 5 heteroatoms. The maximum absolute atomic E-state index is 6.04. The van der Waals surface area contributed by atoms with Crippen LogP contribution in [0.1, 0.15) is 31.2 Å². The molecular formula is C13H12Cl2N2S. The highest BCUT2D eigenvalue weighted by Crippen LogP contribution is 2.35. The number of benzene rings is 1. The third-order valence-corrected chi connectivity index (χ3v) is 4.55. The summed E-state index contributed by atoms with van der Waals surface area (Å²) in [4.78, 5) is 5.52. The van der Waals surface area contributed by atoms with Gasteiger partial charge in [-0.25, -0.2) is 0 Å². The van der Waals surface area contributed by atoms with Crippen LogP contribution in [0.4, 0.5) is 0 Å². The Bertz CT molecular complexity index is 548. The summed E-state index contributed by atoms with van der Waals surface area (Å²) in [6, 6.07) is 5.52. The minimum absolute atomic E-state index is 0.154. The van der Waals surface area contributed by atoms with Gasteiger partial charge in [-0.05, 0) is 37.8 Å². The topological polar surface area (TPSA) is 24.4 Å². The van der Waals surface area contributed by atoms with Gasteiger partial charge in [-0.2, -0.15) is 0 Å². The lowest BCUT2D eigenvalue weighted by molar-refractivity contribution is 0.426. The Hall–Kier alpha value is -0.640. The molecule has 0 amide bonds. The summed E-state index contributed by atoms with van der Waals surface area (Å²) in [5, 5.41) is 4.45. The standard InChI is InChI=1S/C13H12Cl2N2S/c14-9-4-3-8(7-10(9)15)11-12(18)17-13(16-11)5-1-2-6-13/h3-4,7H,1-2,5-6H2,(H,17,18). The molecule has 0 aromatic heterocycles. The smallest absolute Gasteiger partial charge is 0.131 e. The maximum Gasteiger partial charge on any atom is 0.131 e. The van der Waals surface area contributed by atoms with E-state index in [1.165, 1.54) is 12.8 Å². The molecule has 1 aromatic rings. The Balaban J connectivity index is 2.00. The van der Waals surface area contributed by atoms with Gasteiger partial charge in [0.25, 0.3) is 0 Å². The molecule has 0 radical (unpaired) electrons. The molecular weight excluding hydrogens is 287 g/mol. The normalized spacial score (nSPS) is 21.2. The average Bonchev–Trinajstić information content (AvgIpc) is 2.91. The summed E-state index contributed by atoms with van der Waals surface area (Å²) < 4.78 is 0. The summed E-state index contributed by atoms with van der Waals surface area (Å²) in [5.41, 5.74) is 1.62. The minimum atomic E-state index is -0.154. The number of halogens is 2. The number of aliphatic imine (C=N–C) groups is 1. The van der Waals surface area contributed by atoms with Crippen LogP contribution in [0.15, 0.2) is 23.2 Å². The quantitative estimate of drug-likeness (QED) is 0.793. The second-order valence-electron chi connectivity index (χ2n) is 4.78. The lowest BCUT2D eigenvalue weighted by Gasteiger charge is -2.19. The van der Waals surface area contributed by atoms with Gasteiger partial charge in [-0.1, -0.05) is 41.5 Å². The average molecular weight is 299 g/mol. The molecule has 94 valence electrons. The number of rotatable bonds is 1. The highest BCUT2D eigenvalue weighted by atomic mass is 35.5. The molecule has 1 saturated carbocycles. The van der Waals surface area contributed by atoms with Crippen LogP contribution in [0, 0.1) is 0 Å². The van der Waals surface area contributed by atoms with Gasteiger partial charge in [0.05, 0.1) is 10.0 Å². The predicted octanol–water partition coefficient (Wildman–Crippen LogP) is 3.98. The van der Waals surface area contributed by atoms with Crippen molar-refractivity contribution >= 4 is 46.1 Å². The minimum Gasteiger partial charge on any atom is -0.351 e. The van der Waals surface area contributed by atoms with Crippen molar-refractivity contribution in [2.45, 2.75) is 31.3 Å². The first-order valence-corrected chi connectivity index (χ1v) is 7.14. The summed E-state index contributed by atoms with van der Waals surface area (Å²) in [5.74, 6) is 0. The molecule has 2 nitrogen and oxygen atoms in total. The van der Waals surface area contributed by atoms with E-state index in [9.17, 15) is 0 Å². The van der Waals surface area contributed by atoms with Gasteiger partial charge in [-0.3, -0.25) is 4.99 Å². The van der Waals surface area contributed by atoms with Gasteiger partial charge in [-0.15, -0.1) is 0 Å². The zero-order chi connectivity index (χ0) is 12.8. The molecule has 1 fully saturated rings. The van der Waals surface area contributed by atoms with E-state index in [1.54, 1.807) is 6.07 Å². The van der Waals surface area contributed by atoms with Crippen molar-refractivity contribution in [2.24, 2.45) is 4.99 Å². The van der Waals surface area contributed by atoms with Crippen molar-refractivity contribution in [2.75, 3.05) is 0 Å². The monoisotopic (exact) mass is 298 g/mol. The Morgan fingerprint density at radius 1 is 1.17 bits per heavy atom. The second kappa shape index (κ2) is 4.48. The molecule has 1 heterocycles. The highest BCUT2D eigenvalue weighted by Gasteiger charge is 2.39. The summed E-state index contributed by atoms with van der Waals surface area (Å²) in [7, 11) is 0. The van der Waals surface area contributed by atoms with E-state index in [0.717, 1.165) is 29.1 Å². The van der Waals surface area contributed by atoms with E-state index in [0.29, 0.717) is 10.0 Å². The van der Waals surface area contributed by atoms with E-state index in [1.807, 2.05) is 12.1 Å². The number of thiocarbonyl (C=S) groups is 1.